The number of carbonyl (C=O) groups excluding carboxylic acids is 1. The first-order valence-corrected chi connectivity index (χ1v) is 14.7. The Bertz CT molecular complexity index is 1690. The maximum Gasteiger partial charge on any atom is 0.317 e. The molecule has 0 saturated carbocycles. The van der Waals surface area contributed by atoms with Gasteiger partial charge < -0.3 is 58.8 Å². The van der Waals surface area contributed by atoms with Gasteiger partial charge in [0.05, 0.1) is 12.5 Å². The third-order valence-corrected chi connectivity index (χ3v) is 8.36. The van der Waals surface area contributed by atoms with Crippen LogP contribution in [0, 0.1) is 0 Å². The number of hydrogen-bond acceptors (Lipinski definition) is 14. The lowest BCUT2D eigenvalue weighted by atomic mass is 9.88. The van der Waals surface area contributed by atoms with Crippen molar-refractivity contribution in [2.75, 3.05) is 20.0 Å². The maximum absolute atomic E-state index is 11.6. The first kappa shape index (κ1) is 30.8. The fraction of sp³-hybridized carbons (Fsp3) is 0.375. The topological polar surface area (TPSA) is 209 Å². The van der Waals surface area contributed by atoms with Gasteiger partial charge >= 0.3 is 11.9 Å². The number of esters is 1. The van der Waals surface area contributed by atoms with Crippen LogP contribution in [0.5, 0.6) is 34.5 Å². The van der Waals surface area contributed by atoms with E-state index in [0.29, 0.717) is 40.7 Å². The summed E-state index contributed by atoms with van der Waals surface area (Å²) in [6.45, 7) is -0.170. The van der Waals surface area contributed by atoms with E-state index >= 15 is 0 Å². The van der Waals surface area contributed by atoms with Gasteiger partial charge in [0.25, 0.3) is 0 Å². The highest BCUT2D eigenvalue weighted by Crippen LogP contribution is 2.55. The Balaban J connectivity index is 1.12. The molecular weight excluding hydrogens is 624 g/mol. The van der Waals surface area contributed by atoms with Crippen LogP contribution in [0.25, 0.3) is 0 Å². The van der Waals surface area contributed by atoms with Crippen molar-refractivity contribution in [1.29, 1.82) is 0 Å². The third-order valence-electron chi connectivity index (χ3n) is 8.36. The van der Waals surface area contributed by atoms with Crippen molar-refractivity contribution < 1.29 is 73.3 Å². The van der Waals surface area contributed by atoms with E-state index in [1.807, 2.05) is 12.1 Å². The molecule has 0 amide bonds. The Morgan fingerprint density at radius 3 is 2.49 bits per heavy atom. The lowest BCUT2D eigenvalue weighted by Crippen LogP contribution is -2.59. The first-order valence-electron chi connectivity index (χ1n) is 14.7. The average Bonchev–Trinajstić information content (AvgIpc) is 3.64. The van der Waals surface area contributed by atoms with Crippen LogP contribution in [-0.2, 0) is 30.4 Å². The second kappa shape index (κ2) is 12.4. The van der Waals surface area contributed by atoms with Crippen LogP contribution in [0.2, 0.25) is 0 Å². The zero-order valence-electron chi connectivity index (χ0n) is 24.5. The minimum atomic E-state index is -1.84. The summed E-state index contributed by atoms with van der Waals surface area (Å²) >= 11 is 0. The zero-order chi connectivity index (χ0) is 32.8. The van der Waals surface area contributed by atoms with Gasteiger partial charge in [0.2, 0.25) is 6.79 Å². The molecule has 3 aromatic rings. The number of carboxylic acid groups (broad SMARTS) is 1. The van der Waals surface area contributed by atoms with Crippen molar-refractivity contribution in [3.63, 3.8) is 0 Å². The van der Waals surface area contributed by atoms with Gasteiger partial charge in [-0.15, -0.1) is 0 Å². The highest BCUT2D eigenvalue weighted by molar-refractivity contribution is 5.90. The molecule has 0 unspecified atom stereocenters. The number of aliphatic carboxylic acids is 1. The second-order valence-corrected chi connectivity index (χ2v) is 11.5. The van der Waals surface area contributed by atoms with Crippen molar-refractivity contribution >= 4 is 11.9 Å². The quantitative estimate of drug-likeness (QED) is 0.0957. The van der Waals surface area contributed by atoms with Crippen LogP contribution in [0.4, 0.5) is 0 Å². The number of aromatic hydroxyl groups is 1. The number of phenols is 1. The molecule has 15 nitrogen and oxygen atoms in total. The smallest absolute Gasteiger partial charge is 0.317 e. The van der Waals surface area contributed by atoms with Crippen LogP contribution >= 0.6 is 0 Å². The summed E-state index contributed by atoms with van der Waals surface area (Å²) in [7, 11) is 0. The van der Waals surface area contributed by atoms with Crippen molar-refractivity contribution in [3.05, 3.63) is 70.8 Å². The Kier molecular flexibility index (Phi) is 8.15. The summed E-state index contributed by atoms with van der Waals surface area (Å²) in [6.07, 6.45) is -9.40. The number of hydrogen-bond donors (Lipinski definition) is 5. The number of rotatable bonds is 9. The fourth-order valence-electron chi connectivity index (χ4n) is 6.04. The second-order valence-electron chi connectivity index (χ2n) is 11.5. The molecule has 0 aromatic heterocycles. The molecule has 1 fully saturated rings. The molecular formula is C32H30O15. The molecule has 47 heavy (non-hydrogen) atoms. The van der Waals surface area contributed by atoms with Crippen LogP contribution in [0.15, 0.2) is 48.5 Å². The molecule has 0 aliphatic carbocycles. The van der Waals surface area contributed by atoms with E-state index in [-0.39, 0.29) is 30.6 Å². The Morgan fingerprint density at radius 2 is 1.70 bits per heavy atom. The molecule has 7 atom stereocenters. The van der Waals surface area contributed by atoms with Crippen LogP contribution < -0.4 is 23.8 Å². The minimum absolute atomic E-state index is 0.0676. The number of ether oxygens (including phenoxy) is 6. The van der Waals surface area contributed by atoms with Gasteiger partial charge in [-0.05, 0) is 35.9 Å². The summed E-state index contributed by atoms with van der Waals surface area (Å²) < 4.78 is 33.7. The lowest BCUT2D eigenvalue weighted by molar-refractivity contribution is -0.365. The van der Waals surface area contributed by atoms with Gasteiger partial charge in [-0.2, -0.15) is 4.89 Å². The zero-order valence-corrected chi connectivity index (χ0v) is 24.5. The fourth-order valence-corrected chi connectivity index (χ4v) is 6.04. The summed E-state index contributed by atoms with van der Waals surface area (Å²) in [5.41, 5.74) is 2.84. The number of carboxylic acids is 1. The van der Waals surface area contributed by atoms with E-state index in [1.54, 1.807) is 36.4 Å². The minimum Gasteiger partial charge on any atom is -0.508 e. The number of fused-ring (bicyclic) bond motifs is 6. The van der Waals surface area contributed by atoms with E-state index in [9.17, 15) is 30.0 Å². The number of benzene rings is 3. The molecule has 3 aromatic carbocycles. The summed E-state index contributed by atoms with van der Waals surface area (Å²) in [5, 5.41) is 50.7. The molecule has 7 rings (SSSR count). The van der Waals surface area contributed by atoms with Crippen molar-refractivity contribution in [2.24, 2.45) is 0 Å². The van der Waals surface area contributed by atoms with Gasteiger partial charge in [-0.3, -0.25) is 9.59 Å². The van der Waals surface area contributed by atoms with Gasteiger partial charge in [-0.25, -0.2) is 0 Å². The highest BCUT2D eigenvalue weighted by Gasteiger charge is 2.47. The lowest BCUT2D eigenvalue weighted by Gasteiger charge is -2.39. The van der Waals surface area contributed by atoms with E-state index in [1.165, 1.54) is 0 Å². The van der Waals surface area contributed by atoms with Crippen molar-refractivity contribution in [2.45, 2.75) is 55.6 Å². The molecule has 4 heterocycles. The number of phenolic OH excluding ortho intramolecular Hbond substituents is 1. The number of aliphatic hydroxyl groups excluding tert-OH is 3. The highest BCUT2D eigenvalue weighted by atomic mass is 17.2. The first-order chi connectivity index (χ1) is 22.6. The van der Waals surface area contributed by atoms with Crippen LogP contribution in [0.1, 0.15) is 40.7 Å². The largest absolute Gasteiger partial charge is 0.508 e. The summed E-state index contributed by atoms with van der Waals surface area (Å²) in [6, 6.07) is 13.7. The molecule has 0 spiro atoms. The Morgan fingerprint density at radius 1 is 0.894 bits per heavy atom. The van der Waals surface area contributed by atoms with E-state index < -0.39 is 61.8 Å². The number of carbonyl (C=O) groups is 2. The molecule has 5 N–H and O–H groups in total. The van der Waals surface area contributed by atoms with Gasteiger partial charge in [0.1, 0.15) is 54.7 Å². The van der Waals surface area contributed by atoms with Crippen molar-refractivity contribution in [1.82, 2.24) is 0 Å². The van der Waals surface area contributed by atoms with Crippen LogP contribution in [0.3, 0.4) is 0 Å². The number of aliphatic hydroxyl groups is 3. The summed E-state index contributed by atoms with van der Waals surface area (Å²) in [5.74, 6) is -0.0627. The SMILES string of the molecule is O=C(O)CC(=O)OC[C@H]1O[C@@H](O)[C@H](OOc2cc3c(cc2Cc2cccc(O)c2)OC[C@@H]2c4cc5c(cc4O[C@H]32)OCO5)[C@@H](O)[C@@H]1O. The van der Waals surface area contributed by atoms with Gasteiger partial charge in [0.15, 0.2) is 29.6 Å². The Hall–Kier alpha value is -4.80. The molecule has 4 aliphatic heterocycles. The standard InChI is InChI=1S/C32H30O15/c33-16-3-1-2-14(5-16)4-15-6-21-18(30-19(11-40-21)17-7-23-24(43-13-42-23)9-22(17)44-30)8-20(15)46-47-31-29(38)28(37)25(45-32(31)39)12-41-27(36)10-26(34)35/h1-3,5-9,19,25,28-33,37-39H,4,10-13H2,(H,34,35)/t19-,25-,28-,29+,30-,31-,32-/m1/s1. The monoisotopic (exact) mass is 654 g/mol. The molecule has 15 heteroatoms. The maximum atomic E-state index is 11.6. The van der Waals surface area contributed by atoms with Crippen molar-refractivity contribution in [3.8, 4) is 34.5 Å². The summed E-state index contributed by atoms with van der Waals surface area (Å²) in [4.78, 5) is 33.5. The van der Waals surface area contributed by atoms with Gasteiger partial charge in [0, 0.05) is 29.2 Å². The predicted molar refractivity (Wildman–Crippen MR) is 153 cm³/mol. The van der Waals surface area contributed by atoms with Gasteiger partial charge in [-0.1, -0.05) is 12.1 Å². The van der Waals surface area contributed by atoms with Crippen LogP contribution in [-0.4, -0.2) is 88.2 Å². The average molecular weight is 655 g/mol. The molecule has 4 aliphatic rings. The molecule has 0 radical (unpaired) electrons. The predicted octanol–water partition coefficient (Wildman–Crippen LogP) is 1.46. The molecule has 248 valence electrons. The molecule has 1 saturated heterocycles. The van der Waals surface area contributed by atoms with E-state index in [0.717, 1.165) is 11.1 Å². The Labute approximate surface area is 266 Å². The van der Waals surface area contributed by atoms with E-state index in [2.05, 4.69) is 0 Å². The normalized spacial score (nSPS) is 26.7. The molecule has 0 bridgehead atoms. The third kappa shape index (κ3) is 6.06. The van der Waals surface area contributed by atoms with E-state index in [4.69, 9.17) is 43.3 Å².